The van der Waals surface area contributed by atoms with Crippen molar-refractivity contribution in [1.82, 2.24) is 19.4 Å². The molecule has 0 radical (unpaired) electrons. The molecule has 5 rings (SSSR count). The number of benzene rings is 3. The Bertz CT molecular complexity index is 1600. The number of nitrogens with zero attached hydrogens (tertiary/aromatic N) is 3. The fourth-order valence-corrected chi connectivity index (χ4v) is 4.68. The molecule has 0 saturated carbocycles. The summed E-state index contributed by atoms with van der Waals surface area (Å²) in [5.41, 5.74) is 4.99. The van der Waals surface area contributed by atoms with Crippen LogP contribution in [0.2, 0.25) is 0 Å². The van der Waals surface area contributed by atoms with Gasteiger partial charge in [-0.15, -0.1) is 0 Å². The molecule has 0 aliphatic rings. The third-order valence-corrected chi connectivity index (χ3v) is 6.60. The lowest BCUT2D eigenvalue weighted by atomic mass is 10.1. The summed E-state index contributed by atoms with van der Waals surface area (Å²) in [5, 5.41) is 3.89. The lowest BCUT2D eigenvalue weighted by molar-refractivity contribution is -0.121. The number of hydrogen-bond donors (Lipinski definition) is 1. The summed E-state index contributed by atoms with van der Waals surface area (Å²) in [7, 11) is 1.62. The van der Waals surface area contributed by atoms with E-state index in [0.29, 0.717) is 24.1 Å². The molecule has 2 heterocycles. The normalized spacial score (nSPS) is 11.2. The standard InChI is InChI=1S/C30H30N4O3/c1-21-10-15-26-25(17-21)28-29(30(36)33(20-32-28)18-23-11-13-24(37-2)14-12-23)34(26)19-27(35)31-16-6-9-22-7-4-3-5-8-22/h3-5,7-8,10-15,17,20H,6,9,16,18-19H2,1-2H3,(H,31,35). The van der Waals surface area contributed by atoms with Crippen LogP contribution in [0, 0.1) is 6.92 Å². The van der Waals surface area contributed by atoms with Crippen LogP contribution in [0.5, 0.6) is 5.75 Å². The molecule has 37 heavy (non-hydrogen) atoms. The van der Waals surface area contributed by atoms with Gasteiger partial charge in [0.1, 0.15) is 23.3 Å². The number of carbonyl (C=O) groups is 1. The van der Waals surface area contributed by atoms with Crippen LogP contribution >= 0.6 is 0 Å². The van der Waals surface area contributed by atoms with Gasteiger partial charge in [0.25, 0.3) is 5.56 Å². The highest BCUT2D eigenvalue weighted by molar-refractivity contribution is 6.06. The zero-order chi connectivity index (χ0) is 25.8. The van der Waals surface area contributed by atoms with Gasteiger partial charge in [-0.1, -0.05) is 54.1 Å². The summed E-state index contributed by atoms with van der Waals surface area (Å²) >= 11 is 0. The Morgan fingerprint density at radius 2 is 1.78 bits per heavy atom. The topological polar surface area (TPSA) is 78.2 Å². The van der Waals surface area contributed by atoms with Gasteiger partial charge in [-0.3, -0.25) is 14.2 Å². The van der Waals surface area contributed by atoms with Gasteiger partial charge in [0.05, 0.1) is 25.5 Å². The van der Waals surface area contributed by atoms with E-state index in [2.05, 4.69) is 22.4 Å². The minimum Gasteiger partial charge on any atom is -0.497 e. The van der Waals surface area contributed by atoms with Gasteiger partial charge in [0, 0.05) is 11.9 Å². The van der Waals surface area contributed by atoms with Gasteiger partial charge in [0.2, 0.25) is 5.91 Å². The molecule has 0 atom stereocenters. The number of amides is 1. The number of fused-ring (bicyclic) bond motifs is 3. The highest BCUT2D eigenvalue weighted by atomic mass is 16.5. The molecule has 5 aromatic rings. The number of aryl methyl sites for hydroxylation is 2. The second kappa shape index (κ2) is 10.7. The first-order valence-electron chi connectivity index (χ1n) is 12.4. The number of ether oxygens (including phenoxy) is 1. The second-order valence-electron chi connectivity index (χ2n) is 9.27. The van der Waals surface area contributed by atoms with Crippen LogP contribution in [0.1, 0.15) is 23.1 Å². The molecular weight excluding hydrogens is 464 g/mol. The molecule has 188 valence electrons. The predicted octanol–water partition coefficient (Wildman–Crippen LogP) is 4.47. The number of nitrogens with one attached hydrogen (secondary N) is 1. The van der Waals surface area contributed by atoms with Crippen molar-refractivity contribution in [2.75, 3.05) is 13.7 Å². The van der Waals surface area contributed by atoms with Crippen molar-refractivity contribution in [1.29, 1.82) is 0 Å². The summed E-state index contributed by atoms with van der Waals surface area (Å²) in [5.74, 6) is 0.632. The molecule has 0 saturated heterocycles. The summed E-state index contributed by atoms with van der Waals surface area (Å²) in [6.45, 7) is 3.01. The van der Waals surface area contributed by atoms with Crippen LogP contribution in [-0.2, 0) is 24.3 Å². The maximum absolute atomic E-state index is 13.7. The van der Waals surface area contributed by atoms with Crippen LogP contribution in [0.25, 0.3) is 21.9 Å². The molecular formula is C30H30N4O3. The lowest BCUT2D eigenvalue weighted by Crippen LogP contribution is -2.30. The second-order valence-corrected chi connectivity index (χ2v) is 9.27. The Kier molecular flexibility index (Phi) is 7.03. The fraction of sp³-hybridized carbons (Fsp3) is 0.233. The zero-order valence-corrected chi connectivity index (χ0v) is 21.1. The van der Waals surface area contributed by atoms with Crippen molar-refractivity contribution >= 4 is 27.8 Å². The first-order valence-corrected chi connectivity index (χ1v) is 12.4. The molecule has 3 aromatic carbocycles. The molecule has 0 unspecified atom stereocenters. The molecule has 1 N–H and O–H groups in total. The van der Waals surface area contributed by atoms with E-state index in [-0.39, 0.29) is 18.0 Å². The van der Waals surface area contributed by atoms with Crippen molar-refractivity contribution in [3.05, 3.63) is 106 Å². The molecule has 0 bridgehead atoms. The van der Waals surface area contributed by atoms with Crippen LogP contribution in [0.4, 0.5) is 0 Å². The third kappa shape index (κ3) is 5.26. The molecule has 2 aromatic heterocycles. The van der Waals surface area contributed by atoms with Crippen LogP contribution in [0.3, 0.4) is 0 Å². The van der Waals surface area contributed by atoms with E-state index >= 15 is 0 Å². The van der Waals surface area contributed by atoms with Gasteiger partial charge in [-0.25, -0.2) is 4.98 Å². The fourth-order valence-electron chi connectivity index (χ4n) is 4.68. The average Bonchev–Trinajstić information content (AvgIpc) is 3.22. The quantitative estimate of drug-likeness (QED) is 0.307. The van der Waals surface area contributed by atoms with Gasteiger partial charge in [-0.05, 0) is 55.2 Å². The number of methoxy groups -OCH3 is 1. The van der Waals surface area contributed by atoms with Crippen LogP contribution in [0.15, 0.2) is 83.9 Å². The molecule has 1 amide bonds. The van der Waals surface area contributed by atoms with Gasteiger partial charge < -0.3 is 14.6 Å². The lowest BCUT2D eigenvalue weighted by Gasteiger charge is -2.10. The number of hydrogen-bond acceptors (Lipinski definition) is 4. The summed E-state index contributed by atoms with van der Waals surface area (Å²) in [4.78, 5) is 31.3. The highest BCUT2D eigenvalue weighted by Gasteiger charge is 2.18. The van der Waals surface area contributed by atoms with E-state index in [1.807, 2.05) is 67.6 Å². The van der Waals surface area contributed by atoms with E-state index < -0.39 is 0 Å². The Labute approximate surface area is 215 Å². The summed E-state index contributed by atoms with van der Waals surface area (Å²) in [6, 6.07) is 23.8. The molecule has 7 heteroatoms. The first-order chi connectivity index (χ1) is 18.0. The third-order valence-electron chi connectivity index (χ3n) is 6.60. The van der Waals surface area contributed by atoms with Crippen molar-refractivity contribution in [3.8, 4) is 5.75 Å². The predicted molar refractivity (Wildman–Crippen MR) is 146 cm³/mol. The monoisotopic (exact) mass is 494 g/mol. The van der Waals surface area contributed by atoms with Gasteiger partial charge >= 0.3 is 0 Å². The summed E-state index contributed by atoms with van der Waals surface area (Å²) in [6.07, 6.45) is 3.33. The van der Waals surface area contributed by atoms with E-state index in [4.69, 9.17) is 4.74 Å². The first kappa shape index (κ1) is 24.3. The van der Waals surface area contributed by atoms with Crippen molar-refractivity contribution in [2.24, 2.45) is 0 Å². The highest BCUT2D eigenvalue weighted by Crippen LogP contribution is 2.26. The Morgan fingerprint density at radius 3 is 2.54 bits per heavy atom. The van der Waals surface area contributed by atoms with Gasteiger partial charge in [-0.2, -0.15) is 0 Å². The van der Waals surface area contributed by atoms with E-state index in [9.17, 15) is 9.59 Å². The van der Waals surface area contributed by atoms with Crippen LogP contribution < -0.4 is 15.6 Å². The minimum atomic E-state index is -0.174. The van der Waals surface area contributed by atoms with Crippen LogP contribution in [-0.4, -0.2) is 33.7 Å². The largest absolute Gasteiger partial charge is 0.497 e. The van der Waals surface area contributed by atoms with Crippen molar-refractivity contribution < 1.29 is 9.53 Å². The van der Waals surface area contributed by atoms with E-state index in [1.165, 1.54) is 5.56 Å². The molecule has 0 spiro atoms. The van der Waals surface area contributed by atoms with Crippen molar-refractivity contribution in [2.45, 2.75) is 32.9 Å². The molecule has 0 fully saturated rings. The summed E-state index contributed by atoms with van der Waals surface area (Å²) < 4.78 is 8.62. The van der Waals surface area contributed by atoms with E-state index in [1.54, 1.807) is 22.6 Å². The average molecular weight is 495 g/mol. The maximum atomic E-state index is 13.7. The number of carbonyl (C=O) groups excluding carboxylic acids is 1. The van der Waals surface area contributed by atoms with Gasteiger partial charge in [0.15, 0.2) is 0 Å². The molecule has 7 nitrogen and oxygen atoms in total. The molecule has 0 aliphatic carbocycles. The Hall–Kier alpha value is -4.39. The number of aromatic nitrogens is 3. The maximum Gasteiger partial charge on any atom is 0.278 e. The Morgan fingerprint density at radius 1 is 1.00 bits per heavy atom. The number of rotatable bonds is 9. The van der Waals surface area contributed by atoms with Crippen molar-refractivity contribution in [3.63, 3.8) is 0 Å². The van der Waals surface area contributed by atoms with E-state index in [0.717, 1.165) is 40.6 Å². The minimum absolute atomic E-state index is 0.0534. The smallest absolute Gasteiger partial charge is 0.278 e. The Balaban J connectivity index is 1.42. The molecule has 0 aliphatic heterocycles. The zero-order valence-electron chi connectivity index (χ0n) is 21.1. The SMILES string of the molecule is COc1ccc(Cn2cnc3c4cc(C)ccc4n(CC(=O)NCCCc4ccccc4)c3c2=O)cc1.